The first kappa shape index (κ1) is 31.3. The van der Waals surface area contributed by atoms with Crippen LogP contribution in [0.4, 0.5) is 0 Å². The molecule has 0 bridgehead atoms. The molecule has 27 heavy (non-hydrogen) atoms. The largest absolute Gasteiger partial charge is 0.696 e. The van der Waals surface area contributed by atoms with E-state index < -0.39 is 0 Å². The number of nitriles is 2. The van der Waals surface area contributed by atoms with E-state index in [4.69, 9.17) is 20.7 Å². The number of β-amino-alcohol motifs (C(OH)–C–C–N with tert-alkyl or cyclic N) is 2. The van der Waals surface area contributed by atoms with Crippen molar-refractivity contribution in [3.05, 3.63) is 0 Å². The third kappa shape index (κ3) is 25.6. The van der Waals surface area contributed by atoms with Crippen LogP contribution in [0.3, 0.4) is 0 Å². The van der Waals surface area contributed by atoms with Gasteiger partial charge in [0.15, 0.2) is 0 Å². The molecule has 0 aromatic rings. The van der Waals surface area contributed by atoms with E-state index in [9.17, 15) is 0 Å². The summed E-state index contributed by atoms with van der Waals surface area (Å²) in [7, 11) is 0. The van der Waals surface area contributed by atoms with Crippen LogP contribution < -0.4 is 21.3 Å². The molecule has 1 saturated heterocycles. The number of aliphatic hydroxyl groups excluding tert-OH is 2. The van der Waals surface area contributed by atoms with Crippen LogP contribution >= 0.6 is 0 Å². The SMILES string of the molecule is N#C[S-].N#C[S-].OCCN1CNCCNCN(CCO)CNCCNC1.[Cu]. The summed E-state index contributed by atoms with van der Waals surface area (Å²) in [6, 6.07) is 0. The fourth-order valence-electron chi connectivity index (χ4n) is 2.01. The molecule has 1 aliphatic heterocycles. The second-order valence-corrected chi connectivity index (χ2v) is 5.42. The number of hydrogen-bond acceptors (Lipinski definition) is 12. The van der Waals surface area contributed by atoms with E-state index in [0.29, 0.717) is 13.1 Å². The zero-order valence-electron chi connectivity index (χ0n) is 15.3. The van der Waals surface area contributed by atoms with E-state index in [-0.39, 0.29) is 30.3 Å². The maximum Gasteiger partial charge on any atom is 0.0559 e. The van der Waals surface area contributed by atoms with Crippen molar-refractivity contribution in [1.29, 1.82) is 10.5 Å². The van der Waals surface area contributed by atoms with Gasteiger partial charge in [-0.1, -0.05) is 10.8 Å². The summed E-state index contributed by atoms with van der Waals surface area (Å²) < 4.78 is 0. The van der Waals surface area contributed by atoms with Gasteiger partial charge in [0.1, 0.15) is 0 Å². The van der Waals surface area contributed by atoms with Crippen LogP contribution in [0.2, 0.25) is 0 Å². The zero-order valence-corrected chi connectivity index (χ0v) is 17.9. The van der Waals surface area contributed by atoms with E-state index in [0.717, 1.165) is 52.9 Å². The molecule has 0 aliphatic carbocycles. The van der Waals surface area contributed by atoms with Crippen LogP contribution in [0.1, 0.15) is 0 Å². The minimum atomic E-state index is 0. The Morgan fingerprint density at radius 3 is 1.11 bits per heavy atom. The third-order valence-corrected chi connectivity index (χ3v) is 3.13. The quantitative estimate of drug-likeness (QED) is 0.140. The molecule has 0 unspecified atom stereocenters. The average Bonchev–Trinajstić information content (AvgIpc) is 2.61. The van der Waals surface area contributed by atoms with Crippen LogP contribution in [0.15, 0.2) is 0 Å². The summed E-state index contributed by atoms with van der Waals surface area (Å²) in [4.78, 5) is 4.29. The van der Waals surface area contributed by atoms with Crippen LogP contribution in [0.25, 0.3) is 0 Å². The normalized spacial score (nSPS) is 17.2. The fraction of sp³-hybridized carbons (Fsp3) is 0.857. The first-order valence-electron chi connectivity index (χ1n) is 8.21. The number of aliphatic hydroxyl groups is 2. The maximum absolute atomic E-state index is 9.02. The number of nitrogens with one attached hydrogen (secondary N) is 4. The van der Waals surface area contributed by atoms with Crippen molar-refractivity contribution >= 4 is 25.3 Å². The minimum Gasteiger partial charge on any atom is -0.696 e. The van der Waals surface area contributed by atoms with Gasteiger partial charge in [0.05, 0.1) is 13.2 Å². The monoisotopic (exact) mass is 469 g/mol. The first-order chi connectivity index (χ1) is 12.7. The molecule has 0 aromatic heterocycles. The molecule has 1 heterocycles. The van der Waals surface area contributed by atoms with Crippen LogP contribution in [-0.2, 0) is 42.3 Å². The molecule has 1 fully saturated rings. The van der Waals surface area contributed by atoms with Gasteiger partial charge in [0, 0.05) is 83.0 Å². The Hall–Kier alpha value is -0.381. The molecule has 1 rings (SSSR count). The molecular formula is C14H30CuN8O2S2-2. The number of nitrogens with zero attached hydrogens (tertiary/aromatic N) is 4. The predicted octanol–water partition coefficient (Wildman–Crippen LogP) is -3.20. The van der Waals surface area contributed by atoms with Gasteiger partial charge in [-0.15, -0.1) is 0 Å². The van der Waals surface area contributed by atoms with Gasteiger partial charge < -0.3 is 56.7 Å². The van der Waals surface area contributed by atoms with Crippen molar-refractivity contribution in [1.82, 2.24) is 31.1 Å². The molecule has 0 atom stereocenters. The molecule has 0 saturated carbocycles. The Bertz CT molecular complexity index is 324. The van der Waals surface area contributed by atoms with E-state index >= 15 is 0 Å². The van der Waals surface area contributed by atoms with Gasteiger partial charge in [-0.25, -0.2) is 10.5 Å². The summed E-state index contributed by atoms with van der Waals surface area (Å²) in [5.41, 5.74) is 0. The number of hydrogen-bond donors (Lipinski definition) is 6. The Morgan fingerprint density at radius 1 is 0.704 bits per heavy atom. The zero-order chi connectivity index (χ0) is 19.9. The van der Waals surface area contributed by atoms with Gasteiger partial charge in [-0.3, -0.25) is 9.80 Å². The minimum absolute atomic E-state index is 0. The Labute approximate surface area is 183 Å². The number of thiocyanates is 2. The van der Waals surface area contributed by atoms with Crippen LogP contribution in [-0.4, -0.2) is 99.2 Å². The van der Waals surface area contributed by atoms with E-state index in [1.54, 1.807) is 0 Å². The van der Waals surface area contributed by atoms with Gasteiger partial charge in [0.2, 0.25) is 0 Å². The molecule has 0 aromatic carbocycles. The molecule has 6 N–H and O–H groups in total. The molecular weight excluding hydrogens is 440 g/mol. The summed E-state index contributed by atoms with van der Waals surface area (Å²) in [5.74, 6) is 0. The predicted molar refractivity (Wildman–Crippen MR) is 105 cm³/mol. The van der Waals surface area contributed by atoms with E-state index in [1.165, 1.54) is 10.8 Å². The topological polar surface area (TPSA) is 143 Å². The Balaban J connectivity index is -0.000000726. The van der Waals surface area contributed by atoms with Gasteiger partial charge in [0.25, 0.3) is 0 Å². The van der Waals surface area contributed by atoms with E-state index in [1.807, 2.05) is 0 Å². The van der Waals surface area contributed by atoms with Crippen molar-refractivity contribution in [2.75, 3.05) is 79.2 Å². The van der Waals surface area contributed by atoms with Gasteiger partial charge >= 0.3 is 0 Å². The van der Waals surface area contributed by atoms with Crippen molar-refractivity contribution in [3.8, 4) is 10.8 Å². The molecule has 0 spiro atoms. The number of rotatable bonds is 4. The first-order valence-corrected chi connectivity index (χ1v) is 9.03. The van der Waals surface area contributed by atoms with Crippen LogP contribution in [0.5, 0.6) is 0 Å². The average molecular weight is 470 g/mol. The molecule has 1 radical (unpaired) electrons. The molecule has 1 aliphatic rings. The standard InChI is InChI=1S/C12H30N6O2.2CHNS.Cu/c19-7-5-17-9-13-1-2-14-10-18(6-8-20)12-16-4-3-15-11-17;2*2-1-3;/h13-16,19-20H,1-12H2;2*3H;/p-2. The second-order valence-electron chi connectivity index (χ2n) is 5.05. The molecule has 10 nitrogen and oxygen atoms in total. The van der Waals surface area contributed by atoms with Gasteiger partial charge in [-0.2, -0.15) is 0 Å². The maximum atomic E-state index is 9.02. The molecule has 0 amide bonds. The van der Waals surface area contributed by atoms with Crippen LogP contribution in [0, 0.1) is 21.3 Å². The second kappa shape index (κ2) is 27.8. The fourth-order valence-corrected chi connectivity index (χ4v) is 2.01. The summed E-state index contributed by atoms with van der Waals surface area (Å²) >= 11 is 7.40. The van der Waals surface area contributed by atoms with Crippen molar-refractivity contribution in [2.45, 2.75) is 0 Å². The third-order valence-electron chi connectivity index (χ3n) is 3.13. The van der Waals surface area contributed by atoms with E-state index in [2.05, 4.69) is 56.3 Å². The van der Waals surface area contributed by atoms with Crippen molar-refractivity contribution < 1.29 is 27.3 Å². The summed E-state index contributed by atoms with van der Waals surface area (Å²) in [6.45, 7) is 8.27. The van der Waals surface area contributed by atoms with Crippen molar-refractivity contribution in [3.63, 3.8) is 0 Å². The van der Waals surface area contributed by atoms with Gasteiger partial charge in [-0.05, 0) is 0 Å². The van der Waals surface area contributed by atoms with Crippen molar-refractivity contribution in [2.24, 2.45) is 0 Å². The molecule has 13 heteroatoms. The summed E-state index contributed by atoms with van der Waals surface area (Å²) in [5, 5.41) is 48.4. The summed E-state index contributed by atoms with van der Waals surface area (Å²) in [6.07, 6.45) is 0. The Kier molecular flexibility index (Phi) is 32.3. The molecule has 163 valence electrons. The Morgan fingerprint density at radius 2 is 0.926 bits per heavy atom. The smallest absolute Gasteiger partial charge is 0.0559 e.